The Morgan fingerprint density at radius 2 is 0.862 bits per heavy atom. The molecule has 0 radical (unpaired) electrons. The van der Waals surface area contributed by atoms with Gasteiger partial charge in [0, 0.05) is 38.2 Å². The molecule has 2 aliphatic rings. The summed E-state index contributed by atoms with van der Waals surface area (Å²) in [6.07, 6.45) is 7.63. The Balaban J connectivity index is 0.000000212. The van der Waals surface area contributed by atoms with E-state index in [0.717, 1.165) is 95.3 Å². The number of hydrogen-bond donors (Lipinski definition) is 1. The van der Waals surface area contributed by atoms with Crippen LogP contribution in [0.5, 0.6) is 0 Å². The van der Waals surface area contributed by atoms with Gasteiger partial charge in [0.1, 0.15) is 12.2 Å². The molecule has 0 saturated carbocycles. The number of Topliss-reactive ketones (excluding diaryl/α,β-unsaturated/α-hetero) is 1. The van der Waals surface area contributed by atoms with Gasteiger partial charge in [-0.2, -0.15) is 0 Å². The smallest absolute Gasteiger partial charge is 0.162 e. The summed E-state index contributed by atoms with van der Waals surface area (Å²) in [5.41, 5.74) is 9.11. The van der Waals surface area contributed by atoms with Gasteiger partial charge in [-0.05, 0) is 99.7 Å². The summed E-state index contributed by atoms with van der Waals surface area (Å²) in [5.74, 6) is 0.247. The van der Waals surface area contributed by atoms with Gasteiger partial charge < -0.3 is 24.4 Å². The maximum Gasteiger partial charge on any atom is 0.162 e. The maximum atomic E-state index is 12.4. The first-order valence-corrected chi connectivity index (χ1v) is 23.7. The van der Waals surface area contributed by atoms with Crippen LogP contribution in [0.2, 0.25) is 0 Å². The van der Waals surface area contributed by atoms with Gasteiger partial charge in [-0.25, -0.2) is 0 Å². The third-order valence-electron chi connectivity index (χ3n) is 12.8. The van der Waals surface area contributed by atoms with Crippen molar-refractivity contribution < 1.29 is 19.4 Å². The molecule has 0 aromatic heterocycles. The number of carbonyl (C=O) groups excluding carboxylic acids is 1. The van der Waals surface area contributed by atoms with Gasteiger partial charge >= 0.3 is 0 Å². The zero-order valence-corrected chi connectivity index (χ0v) is 38.0. The average molecular weight is 873 g/mol. The fraction of sp³-hybridized carbons (Fsp3) is 0.373. The van der Waals surface area contributed by atoms with E-state index in [2.05, 4.69) is 138 Å². The van der Waals surface area contributed by atoms with Gasteiger partial charge in [-0.3, -0.25) is 4.79 Å². The zero-order chi connectivity index (χ0) is 44.4. The number of aliphatic hydroxyl groups excluding tert-OH is 1. The molecule has 2 fully saturated rings. The summed E-state index contributed by atoms with van der Waals surface area (Å²) in [4.78, 5) is 17.4. The molecule has 2 saturated heterocycles. The highest BCUT2D eigenvalue weighted by molar-refractivity contribution is 5.96. The van der Waals surface area contributed by atoms with Crippen LogP contribution in [0.3, 0.4) is 0 Å². The minimum absolute atomic E-state index is 0. The molecule has 0 spiro atoms. The van der Waals surface area contributed by atoms with Crippen molar-refractivity contribution in [2.24, 2.45) is 0 Å². The Hall–Kier alpha value is -5.21. The predicted molar refractivity (Wildman–Crippen MR) is 267 cm³/mol. The van der Waals surface area contributed by atoms with E-state index in [0.29, 0.717) is 6.42 Å². The Bertz CT molecular complexity index is 2120. The van der Waals surface area contributed by atoms with E-state index in [1.54, 1.807) is 0 Å². The highest BCUT2D eigenvalue weighted by Gasteiger charge is 2.26. The topological polar surface area (TPSA) is 62.2 Å². The second kappa shape index (κ2) is 26.1. The molecule has 6 aromatic carbocycles. The fourth-order valence-corrected chi connectivity index (χ4v) is 8.94. The fourth-order valence-electron chi connectivity index (χ4n) is 8.94. The molecule has 342 valence electrons. The Morgan fingerprint density at radius 3 is 1.25 bits per heavy atom. The molecular formula is C59H72N2O4. The first kappa shape index (κ1) is 49.2. The van der Waals surface area contributed by atoms with Crippen molar-refractivity contribution in [2.75, 3.05) is 39.3 Å². The number of rotatable bonds is 18. The Labute approximate surface area is 390 Å². The Morgan fingerprint density at radius 1 is 0.508 bits per heavy atom. The number of ether oxygens (including phenoxy) is 2. The van der Waals surface area contributed by atoms with Crippen LogP contribution >= 0.6 is 0 Å². The highest BCUT2D eigenvalue weighted by Crippen LogP contribution is 2.32. The number of piperidine rings is 2. The molecule has 0 amide bonds. The predicted octanol–water partition coefficient (Wildman–Crippen LogP) is 12.9. The normalized spacial score (nSPS) is 15.5. The van der Waals surface area contributed by atoms with Crippen LogP contribution in [-0.2, 0) is 9.47 Å². The molecule has 1 N–H and O–H groups in total. The average Bonchev–Trinajstić information content (AvgIpc) is 3.35. The second-order valence-corrected chi connectivity index (χ2v) is 17.7. The van der Waals surface area contributed by atoms with Crippen molar-refractivity contribution >= 4 is 5.78 Å². The summed E-state index contributed by atoms with van der Waals surface area (Å²) < 4.78 is 13.3. The van der Waals surface area contributed by atoms with Crippen molar-refractivity contribution in [3.8, 4) is 0 Å². The summed E-state index contributed by atoms with van der Waals surface area (Å²) in [5, 5.41) is 10.5. The summed E-state index contributed by atoms with van der Waals surface area (Å²) in [6.45, 7) is 10.3. The number of hydrogen-bond acceptors (Lipinski definition) is 6. The molecular weight excluding hydrogens is 801 g/mol. The van der Waals surface area contributed by atoms with Crippen molar-refractivity contribution in [1.82, 2.24) is 9.80 Å². The lowest BCUT2D eigenvalue weighted by atomic mass is 10.00. The van der Waals surface area contributed by atoms with Gasteiger partial charge in [0.25, 0.3) is 0 Å². The summed E-state index contributed by atoms with van der Waals surface area (Å²) in [7, 11) is 0. The van der Waals surface area contributed by atoms with Gasteiger partial charge in [0.2, 0.25) is 0 Å². The van der Waals surface area contributed by atoms with Crippen LogP contribution in [0.15, 0.2) is 170 Å². The van der Waals surface area contributed by atoms with Crippen LogP contribution in [0.25, 0.3) is 0 Å². The number of nitrogens with zero attached hydrogens (tertiary/aromatic N) is 2. The standard InChI is InChI=1S/C29H35NO2.C29H33NO2.CH4/c2*1-23-14-16-24(17-15-23)28(31)13-8-20-30-21-18-27(19-22-30)32-29(25-9-4-2-5-10-25)26-11-6-3-7-12-26;/h2-7,9-12,14-17,27-29,31H,8,13,18-22H2,1H3;2-7,9-12,14-17,27,29H,8,13,18-22H2,1H3;1H4. The molecule has 2 aliphatic heterocycles. The van der Waals surface area contributed by atoms with Crippen LogP contribution in [0.4, 0.5) is 0 Å². The van der Waals surface area contributed by atoms with Gasteiger partial charge in [-0.15, -0.1) is 0 Å². The summed E-state index contributed by atoms with van der Waals surface area (Å²) >= 11 is 0. The van der Waals surface area contributed by atoms with Crippen molar-refractivity contribution in [1.29, 1.82) is 0 Å². The van der Waals surface area contributed by atoms with Crippen molar-refractivity contribution in [2.45, 2.75) is 103 Å². The van der Waals surface area contributed by atoms with Crippen molar-refractivity contribution in [3.05, 3.63) is 214 Å². The van der Waals surface area contributed by atoms with Gasteiger partial charge in [-0.1, -0.05) is 188 Å². The molecule has 1 atom stereocenters. The molecule has 2 heterocycles. The van der Waals surface area contributed by atoms with Crippen LogP contribution in [0.1, 0.15) is 126 Å². The molecule has 6 aromatic rings. The molecule has 65 heavy (non-hydrogen) atoms. The quantitative estimate of drug-likeness (QED) is 0.0868. The highest BCUT2D eigenvalue weighted by atomic mass is 16.5. The lowest BCUT2D eigenvalue weighted by molar-refractivity contribution is -0.0274. The van der Waals surface area contributed by atoms with Gasteiger partial charge in [0.15, 0.2) is 5.78 Å². The molecule has 6 heteroatoms. The molecule has 1 unspecified atom stereocenters. The van der Waals surface area contributed by atoms with E-state index in [1.165, 1.54) is 33.4 Å². The minimum atomic E-state index is -0.367. The first-order valence-electron chi connectivity index (χ1n) is 23.7. The van der Waals surface area contributed by atoms with Crippen molar-refractivity contribution in [3.63, 3.8) is 0 Å². The van der Waals surface area contributed by atoms with E-state index < -0.39 is 0 Å². The lowest BCUT2D eigenvalue weighted by Crippen LogP contribution is -2.38. The molecule has 0 bridgehead atoms. The largest absolute Gasteiger partial charge is 0.388 e. The van der Waals surface area contributed by atoms with Crippen LogP contribution in [0, 0.1) is 13.8 Å². The zero-order valence-electron chi connectivity index (χ0n) is 38.0. The number of ketones is 1. The maximum absolute atomic E-state index is 12.4. The minimum Gasteiger partial charge on any atom is -0.388 e. The van der Waals surface area contributed by atoms with E-state index >= 15 is 0 Å². The third kappa shape index (κ3) is 15.4. The lowest BCUT2D eigenvalue weighted by Gasteiger charge is -2.34. The van der Waals surface area contributed by atoms with Gasteiger partial charge in [0.05, 0.1) is 18.3 Å². The number of benzene rings is 6. The van der Waals surface area contributed by atoms with E-state index in [9.17, 15) is 9.90 Å². The monoisotopic (exact) mass is 873 g/mol. The van der Waals surface area contributed by atoms with Crippen LogP contribution < -0.4 is 0 Å². The summed E-state index contributed by atoms with van der Waals surface area (Å²) in [6, 6.07) is 58.2. The number of likely N-dealkylation sites (tertiary alicyclic amines) is 2. The van der Waals surface area contributed by atoms with E-state index in [-0.39, 0.29) is 43.7 Å². The Kier molecular flexibility index (Phi) is 19.7. The van der Waals surface area contributed by atoms with Crippen LogP contribution in [-0.4, -0.2) is 72.2 Å². The third-order valence-corrected chi connectivity index (χ3v) is 12.8. The first-order chi connectivity index (χ1) is 31.4. The molecule has 6 nitrogen and oxygen atoms in total. The molecule has 0 aliphatic carbocycles. The van der Waals surface area contributed by atoms with E-state index in [1.807, 2.05) is 55.5 Å². The molecule has 8 rings (SSSR count). The number of aryl methyl sites for hydroxylation is 2. The second-order valence-electron chi connectivity index (χ2n) is 17.7. The number of carbonyl (C=O) groups is 1. The SMILES string of the molecule is C.Cc1ccc(C(=O)CCCN2CCC(OC(c3ccccc3)c3ccccc3)CC2)cc1.Cc1ccc(C(O)CCCN2CCC(OC(c3ccccc3)c3ccccc3)CC2)cc1. The van der Waals surface area contributed by atoms with E-state index in [4.69, 9.17) is 9.47 Å². The number of aliphatic hydroxyl groups is 1.